The molecule has 3 aromatic rings. The van der Waals surface area contributed by atoms with Crippen molar-refractivity contribution in [3.63, 3.8) is 0 Å². The molecule has 0 atom stereocenters. The molecule has 31 heavy (non-hydrogen) atoms. The van der Waals surface area contributed by atoms with E-state index in [1.54, 1.807) is 24.3 Å². The molecule has 1 radical (unpaired) electrons. The van der Waals surface area contributed by atoms with Crippen LogP contribution in [0.5, 0.6) is 11.5 Å². The van der Waals surface area contributed by atoms with Gasteiger partial charge in [-0.2, -0.15) is 0 Å². The van der Waals surface area contributed by atoms with Crippen LogP contribution in [0.3, 0.4) is 0 Å². The SMILES string of the molecule is O=C(O)c1cccc(C=Nc2ccccc2N=Cc2cccc(C(=O)O)c2[O-])c1[O-].[Mn+2]. The number of aliphatic imine (C=N–C) groups is 2. The van der Waals surface area contributed by atoms with E-state index in [0.29, 0.717) is 11.4 Å². The molecule has 0 unspecified atom stereocenters. The molecule has 9 heteroatoms. The minimum atomic E-state index is -1.32. The Hall–Kier alpha value is -3.94. The summed E-state index contributed by atoms with van der Waals surface area (Å²) in [6.45, 7) is 0. The Labute approximate surface area is 187 Å². The number of carboxylic acids is 2. The summed E-state index contributed by atoms with van der Waals surface area (Å²) >= 11 is 0. The Kier molecular flexibility index (Phi) is 7.68. The van der Waals surface area contributed by atoms with Crippen LogP contribution in [0.2, 0.25) is 0 Å². The van der Waals surface area contributed by atoms with Gasteiger partial charge in [-0.1, -0.05) is 47.9 Å². The first-order chi connectivity index (χ1) is 14.4. The zero-order valence-electron chi connectivity index (χ0n) is 15.7. The van der Waals surface area contributed by atoms with Gasteiger partial charge in [-0.3, -0.25) is 9.98 Å². The summed E-state index contributed by atoms with van der Waals surface area (Å²) in [6, 6.07) is 14.9. The van der Waals surface area contributed by atoms with Crippen molar-refractivity contribution in [1.29, 1.82) is 0 Å². The second-order valence-electron chi connectivity index (χ2n) is 6.06. The van der Waals surface area contributed by atoms with Gasteiger partial charge in [0.05, 0.1) is 22.5 Å². The summed E-state index contributed by atoms with van der Waals surface area (Å²) in [5.41, 5.74) is 0.235. The fraction of sp³-hybridized carbons (Fsp3) is 0. The molecule has 2 N–H and O–H groups in total. The normalized spacial score (nSPS) is 10.8. The van der Waals surface area contributed by atoms with Crippen molar-refractivity contribution in [3.8, 4) is 11.5 Å². The molecule has 3 rings (SSSR count). The average Bonchev–Trinajstić information content (AvgIpc) is 2.72. The van der Waals surface area contributed by atoms with Crippen molar-refractivity contribution in [2.75, 3.05) is 0 Å². The number of rotatable bonds is 6. The third kappa shape index (κ3) is 5.36. The van der Waals surface area contributed by atoms with Gasteiger partial charge in [-0.05, 0) is 35.4 Å². The van der Waals surface area contributed by atoms with E-state index in [2.05, 4.69) is 9.98 Å². The van der Waals surface area contributed by atoms with E-state index in [1.807, 2.05) is 0 Å². The summed E-state index contributed by atoms with van der Waals surface area (Å²) in [4.78, 5) is 30.6. The number of para-hydroxylation sites is 4. The van der Waals surface area contributed by atoms with Gasteiger partial charge < -0.3 is 20.4 Å². The number of benzene rings is 3. The molecule has 0 saturated heterocycles. The first kappa shape index (κ1) is 23.3. The molecule has 0 aliphatic rings. The van der Waals surface area contributed by atoms with E-state index in [4.69, 9.17) is 10.2 Å². The van der Waals surface area contributed by atoms with E-state index < -0.39 is 23.4 Å². The molecule has 0 saturated carbocycles. The number of aromatic carboxylic acids is 2. The van der Waals surface area contributed by atoms with Gasteiger partial charge in [-0.25, -0.2) is 9.59 Å². The van der Waals surface area contributed by atoms with Gasteiger partial charge in [0.2, 0.25) is 0 Å². The van der Waals surface area contributed by atoms with Crippen molar-refractivity contribution in [2.45, 2.75) is 0 Å². The number of carboxylic acid groups (broad SMARTS) is 2. The number of hydrogen-bond donors (Lipinski definition) is 2. The third-order valence-corrected chi connectivity index (χ3v) is 4.12. The molecular formula is C22H14MnN2O6. The van der Waals surface area contributed by atoms with Crippen LogP contribution in [0, 0.1) is 0 Å². The summed E-state index contributed by atoms with van der Waals surface area (Å²) in [5.74, 6) is -3.96. The van der Waals surface area contributed by atoms with Crippen LogP contribution in [-0.4, -0.2) is 34.6 Å². The largest absolute Gasteiger partial charge is 2.00 e. The third-order valence-electron chi connectivity index (χ3n) is 4.12. The van der Waals surface area contributed by atoms with Crippen LogP contribution in [0.1, 0.15) is 31.8 Å². The first-order valence-electron chi connectivity index (χ1n) is 8.62. The summed E-state index contributed by atoms with van der Waals surface area (Å²) in [7, 11) is 0. The predicted octanol–water partition coefficient (Wildman–Crippen LogP) is 2.73. The molecule has 155 valence electrons. The molecule has 0 bridgehead atoms. The van der Waals surface area contributed by atoms with Crippen LogP contribution in [0.15, 0.2) is 70.6 Å². The van der Waals surface area contributed by atoms with Crippen LogP contribution in [-0.2, 0) is 17.1 Å². The zero-order chi connectivity index (χ0) is 21.7. The van der Waals surface area contributed by atoms with Crippen LogP contribution < -0.4 is 10.2 Å². The van der Waals surface area contributed by atoms with Crippen molar-refractivity contribution in [2.24, 2.45) is 9.98 Å². The molecule has 0 spiro atoms. The average molecular weight is 457 g/mol. The maximum absolute atomic E-state index is 12.2. The minimum absolute atomic E-state index is 0. The zero-order valence-corrected chi connectivity index (χ0v) is 16.9. The number of carbonyl (C=O) groups is 2. The standard InChI is InChI=1S/C22H16N2O6.Mn/c25-19-13(5-3-7-15(19)21(27)28)11-23-17-9-1-2-10-18(17)24-12-14-6-4-8-16(20(14)26)22(29)30;/h1-12,25-26H,(H,27,28)(H,29,30);/q;+2/p-2. The van der Waals surface area contributed by atoms with Crippen LogP contribution in [0.25, 0.3) is 0 Å². The summed E-state index contributed by atoms with van der Waals surface area (Å²) in [5, 5.41) is 42.4. The Morgan fingerprint density at radius 2 is 1.06 bits per heavy atom. The Morgan fingerprint density at radius 1 is 0.677 bits per heavy atom. The van der Waals surface area contributed by atoms with E-state index in [1.165, 1.54) is 48.8 Å². The van der Waals surface area contributed by atoms with Crippen LogP contribution >= 0.6 is 0 Å². The fourth-order valence-electron chi connectivity index (χ4n) is 2.61. The van der Waals surface area contributed by atoms with E-state index in [-0.39, 0.29) is 39.3 Å². The second-order valence-corrected chi connectivity index (χ2v) is 6.06. The monoisotopic (exact) mass is 457 g/mol. The predicted molar refractivity (Wildman–Crippen MR) is 107 cm³/mol. The smallest absolute Gasteiger partial charge is 0.871 e. The maximum atomic E-state index is 12.2. The molecule has 0 heterocycles. The first-order valence-corrected chi connectivity index (χ1v) is 8.62. The van der Waals surface area contributed by atoms with Gasteiger partial charge in [0, 0.05) is 12.4 Å². The van der Waals surface area contributed by atoms with Crippen molar-refractivity contribution < 1.29 is 47.1 Å². The summed E-state index contributed by atoms with van der Waals surface area (Å²) in [6.07, 6.45) is 2.49. The van der Waals surface area contributed by atoms with Crippen molar-refractivity contribution in [1.82, 2.24) is 0 Å². The Bertz CT molecular complexity index is 1100. The molecule has 0 aliphatic heterocycles. The maximum Gasteiger partial charge on any atom is 2.00 e. The number of hydrogen-bond acceptors (Lipinski definition) is 6. The molecule has 0 aliphatic carbocycles. The van der Waals surface area contributed by atoms with Gasteiger partial charge in [0.1, 0.15) is 0 Å². The minimum Gasteiger partial charge on any atom is -0.871 e. The Balaban J connectivity index is 0.00000341. The molecule has 3 aromatic carbocycles. The van der Waals surface area contributed by atoms with Crippen LogP contribution in [0.4, 0.5) is 11.4 Å². The van der Waals surface area contributed by atoms with Gasteiger partial charge >= 0.3 is 29.0 Å². The van der Waals surface area contributed by atoms with Gasteiger partial charge in [-0.15, -0.1) is 0 Å². The quantitative estimate of drug-likeness (QED) is 0.430. The van der Waals surface area contributed by atoms with Gasteiger partial charge in [0.25, 0.3) is 0 Å². The van der Waals surface area contributed by atoms with E-state index in [0.717, 1.165) is 0 Å². The van der Waals surface area contributed by atoms with E-state index >= 15 is 0 Å². The van der Waals surface area contributed by atoms with Crippen molar-refractivity contribution >= 4 is 35.7 Å². The number of nitrogens with zero attached hydrogens (tertiary/aromatic N) is 2. The molecule has 0 fully saturated rings. The summed E-state index contributed by atoms with van der Waals surface area (Å²) < 4.78 is 0. The topological polar surface area (TPSA) is 145 Å². The molecule has 0 amide bonds. The molecule has 8 nitrogen and oxygen atoms in total. The second kappa shape index (κ2) is 10.2. The Morgan fingerprint density at radius 3 is 1.42 bits per heavy atom. The van der Waals surface area contributed by atoms with Crippen molar-refractivity contribution in [3.05, 3.63) is 82.9 Å². The van der Waals surface area contributed by atoms with E-state index in [9.17, 15) is 19.8 Å². The molecule has 0 aromatic heterocycles. The fourth-order valence-corrected chi connectivity index (χ4v) is 2.61. The van der Waals surface area contributed by atoms with Gasteiger partial charge in [0.15, 0.2) is 0 Å². The molecular weight excluding hydrogens is 443 g/mol.